The fraction of sp³-hybridized carbons (Fsp3) is 0.308. The van der Waals surface area contributed by atoms with Gasteiger partial charge in [-0.3, -0.25) is 9.89 Å². The predicted octanol–water partition coefficient (Wildman–Crippen LogP) is 2.54. The van der Waals surface area contributed by atoms with Crippen LogP contribution >= 0.6 is 11.6 Å². The van der Waals surface area contributed by atoms with E-state index in [1.807, 2.05) is 0 Å². The van der Waals surface area contributed by atoms with E-state index in [-0.39, 0.29) is 22.0 Å². The van der Waals surface area contributed by atoms with Crippen molar-refractivity contribution in [1.82, 2.24) is 9.78 Å². The molecule has 19 heavy (non-hydrogen) atoms. The summed E-state index contributed by atoms with van der Waals surface area (Å²) >= 11 is 5.63. The number of halogens is 2. The predicted molar refractivity (Wildman–Crippen MR) is 69.7 cm³/mol. The molecule has 0 saturated heterocycles. The Morgan fingerprint density at radius 2 is 2.05 bits per heavy atom. The molecule has 1 heterocycles. The van der Waals surface area contributed by atoms with Gasteiger partial charge in [0, 0.05) is 17.3 Å². The van der Waals surface area contributed by atoms with Gasteiger partial charge in [0.2, 0.25) is 0 Å². The number of rotatable bonds is 1. The third kappa shape index (κ3) is 1.94. The Morgan fingerprint density at radius 3 is 2.79 bits per heavy atom. The van der Waals surface area contributed by atoms with Gasteiger partial charge in [-0.05, 0) is 31.7 Å². The molecular weight excluding hydrogens is 271 g/mol. The molecule has 0 spiro atoms. The first-order valence-electron chi connectivity index (χ1n) is 6.09. The molecule has 0 bridgehead atoms. The molecule has 4 nitrogen and oxygen atoms in total. The van der Waals surface area contributed by atoms with Gasteiger partial charge >= 0.3 is 0 Å². The number of hydrogen-bond acceptors (Lipinski definition) is 2. The summed E-state index contributed by atoms with van der Waals surface area (Å²) in [5.41, 5.74) is 1.29. The zero-order valence-corrected chi connectivity index (χ0v) is 10.8. The van der Waals surface area contributed by atoms with E-state index in [0.29, 0.717) is 12.0 Å². The third-order valence-corrected chi connectivity index (χ3v) is 3.74. The fourth-order valence-electron chi connectivity index (χ4n) is 2.45. The van der Waals surface area contributed by atoms with Crippen molar-refractivity contribution in [3.05, 3.63) is 44.6 Å². The van der Waals surface area contributed by atoms with Crippen molar-refractivity contribution in [1.29, 1.82) is 0 Å². The first-order chi connectivity index (χ1) is 9.08. The molecule has 3 rings (SSSR count). The van der Waals surface area contributed by atoms with Gasteiger partial charge in [-0.15, -0.1) is 0 Å². The number of phenols is 1. The Morgan fingerprint density at radius 1 is 1.32 bits per heavy atom. The quantitative estimate of drug-likeness (QED) is 0.844. The van der Waals surface area contributed by atoms with Crippen LogP contribution in [0.1, 0.15) is 24.1 Å². The van der Waals surface area contributed by atoms with Crippen molar-refractivity contribution >= 4 is 11.6 Å². The first kappa shape index (κ1) is 12.3. The smallest absolute Gasteiger partial charge is 0.274 e. The van der Waals surface area contributed by atoms with Crippen molar-refractivity contribution < 1.29 is 9.50 Å². The maximum atomic E-state index is 13.9. The van der Waals surface area contributed by atoms with Gasteiger partial charge in [-0.1, -0.05) is 11.6 Å². The number of phenolic OH excluding ortho intramolecular Hbond substituents is 1. The highest BCUT2D eigenvalue weighted by Gasteiger charge is 2.20. The number of aromatic amines is 1. The highest BCUT2D eigenvalue weighted by atomic mass is 35.5. The van der Waals surface area contributed by atoms with Crippen molar-refractivity contribution in [2.24, 2.45) is 0 Å². The van der Waals surface area contributed by atoms with E-state index in [0.717, 1.165) is 41.8 Å². The minimum Gasteiger partial charge on any atom is -0.506 e. The van der Waals surface area contributed by atoms with Crippen LogP contribution in [0.4, 0.5) is 4.39 Å². The van der Waals surface area contributed by atoms with E-state index >= 15 is 0 Å². The number of aromatic nitrogens is 2. The highest BCUT2D eigenvalue weighted by molar-refractivity contribution is 6.32. The van der Waals surface area contributed by atoms with Crippen LogP contribution in [-0.4, -0.2) is 14.9 Å². The Hall–Kier alpha value is -1.75. The summed E-state index contributed by atoms with van der Waals surface area (Å²) in [6.45, 7) is 0. The Labute approximate surface area is 113 Å². The van der Waals surface area contributed by atoms with E-state index < -0.39 is 5.82 Å². The van der Waals surface area contributed by atoms with Crippen LogP contribution < -0.4 is 5.56 Å². The topological polar surface area (TPSA) is 58.0 Å². The molecule has 100 valence electrons. The zero-order valence-electron chi connectivity index (χ0n) is 10.0. The zero-order chi connectivity index (χ0) is 13.6. The molecule has 1 aromatic heterocycles. The average molecular weight is 283 g/mol. The number of fused-ring (bicyclic) bond motifs is 1. The molecule has 0 atom stereocenters. The van der Waals surface area contributed by atoms with Crippen LogP contribution in [-0.2, 0) is 12.8 Å². The normalized spacial score (nSPS) is 14.4. The molecule has 1 aliphatic rings. The van der Waals surface area contributed by atoms with Gasteiger partial charge in [0.05, 0.1) is 5.02 Å². The number of H-pyrrole nitrogens is 1. The number of nitrogens with zero attached hydrogens (tertiary/aromatic N) is 1. The number of benzene rings is 1. The summed E-state index contributed by atoms with van der Waals surface area (Å²) in [4.78, 5) is 12.2. The maximum absolute atomic E-state index is 13.9. The Bertz CT molecular complexity index is 705. The lowest BCUT2D eigenvalue weighted by Gasteiger charge is -2.07. The standard InChI is InChI=1S/C13H12ClFN2O2/c14-8-5-9(15)11(6-12(8)18)17-13(19)7-3-1-2-4-10(7)16-17/h5-6,16,18H,1-4H2. The van der Waals surface area contributed by atoms with Gasteiger partial charge in [-0.2, -0.15) is 0 Å². The largest absolute Gasteiger partial charge is 0.506 e. The number of aromatic hydroxyl groups is 1. The van der Waals surface area contributed by atoms with Crippen LogP contribution in [0, 0.1) is 5.82 Å². The van der Waals surface area contributed by atoms with E-state index in [9.17, 15) is 14.3 Å². The van der Waals surface area contributed by atoms with Crippen molar-refractivity contribution in [2.45, 2.75) is 25.7 Å². The second kappa shape index (κ2) is 4.42. The highest BCUT2D eigenvalue weighted by Crippen LogP contribution is 2.28. The van der Waals surface area contributed by atoms with Crippen LogP contribution in [0.3, 0.4) is 0 Å². The monoisotopic (exact) mass is 282 g/mol. The summed E-state index contributed by atoms with van der Waals surface area (Å²) in [5.74, 6) is -0.902. The molecule has 0 amide bonds. The summed E-state index contributed by atoms with van der Waals surface area (Å²) in [5, 5.41) is 12.4. The molecule has 1 aromatic carbocycles. The number of hydrogen-bond donors (Lipinski definition) is 2. The second-order valence-electron chi connectivity index (χ2n) is 4.67. The third-order valence-electron chi connectivity index (χ3n) is 3.43. The lowest BCUT2D eigenvalue weighted by Crippen LogP contribution is -2.19. The summed E-state index contributed by atoms with van der Waals surface area (Å²) in [6, 6.07) is 2.15. The van der Waals surface area contributed by atoms with E-state index in [1.165, 1.54) is 0 Å². The van der Waals surface area contributed by atoms with Crippen LogP contribution in [0.15, 0.2) is 16.9 Å². The minimum atomic E-state index is -0.650. The molecule has 2 aromatic rings. The number of aryl methyl sites for hydroxylation is 1. The summed E-state index contributed by atoms with van der Waals surface area (Å²) < 4.78 is 15.0. The van der Waals surface area contributed by atoms with Crippen LogP contribution in [0.5, 0.6) is 5.75 Å². The van der Waals surface area contributed by atoms with Gasteiger partial charge < -0.3 is 5.11 Å². The fourth-order valence-corrected chi connectivity index (χ4v) is 2.60. The van der Waals surface area contributed by atoms with Gasteiger partial charge in [0.15, 0.2) is 5.82 Å². The molecule has 0 aliphatic heterocycles. The molecule has 0 radical (unpaired) electrons. The molecular formula is C13H12ClFN2O2. The maximum Gasteiger partial charge on any atom is 0.274 e. The molecule has 0 fully saturated rings. The van der Waals surface area contributed by atoms with E-state index in [2.05, 4.69) is 5.10 Å². The van der Waals surface area contributed by atoms with Gasteiger partial charge in [-0.25, -0.2) is 9.07 Å². The minimum absolute atomic E-state index is 0.0127. The van der Waals surface area contributed by atoms with E-state index in [4.69, 9.17) is 11.6 Å². The summed E-state index contributed by atoms with van der Waals surface area (Å²) in [7, 11) is 0. The van der Waals surface area contributed by atoms with Crippen molar-refractivity contribution in [3.63, 3.8) is 0 Å². The van der Waals surface area contributed by atoms with Gasteiger partial charge in [0.1, 0.15) is 11.4 Å². The summed E-state index contributed by atoms with van der Waals surface area (Å²) in [6.07, 6.45) is 3.48. The molecule has 6 heteroatoms. The lowest BCUT2D eigenvalue weighted by atomic mass is 9.98. The van der Waals surface area contributed by atoms with E-state index in [1.54, 1.807) is 0 Å². The molecule has 2 N–H and O–H groups in total. The van der Waals surface area contributed by atoms with Gasteiger partial charge in [0.25, 0.3) is 5.56 Å². The van der Waals surface area contributed by atoms with Crippen molar-refractivity contribution in [3.8, 4) is 11.4 Å². The van der Waals surface area contributed by atoms with Crippen LogP contribution in [0.2, 0.25) is 5.02 Å². The lowest BCUT2D eigenvalue weighted by molar-refractivity contribution is 0.472. The van der Waals surface area contributed by atoms with Crippen LogP contribution in [0.25, 0.3) is 5.69 Å². The Kier molecular flexibility index (Phi) is 2.86. The van der Waals surface area contributed by atoms with Crippen molar-refractivity contribution in [2.75, 3.05) is 0 Å². The molecule has 0 unspecified atom stereocenters. The number of nitrogens with one attached hydrogen (secondary N) is 1. The first-order valence-corrected chi connectivity index (χ1v) is 6.47. The second-order valence-corrected chi connectivity index (χ2v) is 5.08. The SMILES string of the molecule is O=c1c2c([nH]n1-c1cc(O)c(Cl)cc1F)CCCC2. The molecule has 0 saturated carbocycles. The molecule has 1 aliphatic carbocycles. The Balaban J connectivity index is 2.20. The average Bonchev–Trinajstić information content (AvgIpc) is 2.72.